The summed E-state index contributed by atoms with van der Waals surface area (Å²) in [5.41, 5.74) is 4.41. The number of phenolic OH excluding ortho intramolecular Hbond substituents is 1. The molecule has 0 radical (unpaired) electrons. The molecule has 0 aliphatic heterocycles. The summed E-state index contributed by atoms with van der Waals surface area (Å²) in [7, 11) is 0. The van der Waals surface area contributed by atoms with Crippen LogP contribution in [0.5, 0.6) is 5.75 Å². The van der Waals surface area contributed by atoms with Gasteiger partial charge in [-0.15, -0.1) is 0 Å². The molecule has 0 atom stereocenters. The van der Waals surface area contributed by atoms with Crippen LogP contribution < -0.4 is 10.7 Å². The minimum absolute atomic E-state index is 0.0829. The first-order valence-corrected chi connectivity index (χ1v) is 9.04. The van der Waals surface area contributed by atoms with Crippen molar-refractivity contribution in [2.24, 2.45) is 5.10 Å². The van der Waals surface area contributed by atoms with E-state index in [9.17, 15) is 14.7 Å². The average Bonchev–Trinajstić information content (AvgIpc) is 3.01. The quantitative estimate of drug-likeness (QED) is 0.427. The Bertz CT molecular complexity index is 1060. The summed E-state index contributed by atoms with van der Waals surface area (Å²) in [5.74, 6) is -1.26. The van der Waals surface area contributed by atoms with Crippen LogP contribution in [0, 0.1) is 6.92 Å². The van der Waals surface area contributed by atoms with Crippen LogP contribution in [-0.2, 0) is 4.79 Å². The minimum Gasteiger partial charge on any atom is -0.507 e. The lowest BCUT2D eigenvalue weighted by Crippen LogP contribution is -2.34. The number of aryl methyl sites for hydroxylation is 1. The van der Waals surface area contributed by atoms with Crippen molar-refractivity contribution in [2.45, 2.75) is 6.92 Å². The fourth-order valence-corrected chi connectivity index (χ4v) is 2.85. The number of para-hydroxylation sites is 2. The van der Waals surface area contributed by atoms with E-state index in [-0.39, 0.29) is 17.9 Å². The van der Waals surface area contributed by atoms with Crippen LogP contribution in [0.2, 0.25) is 5.15 Å². The molecule has 0 fully saturated rings. The number of amides is 2. The van der Waals surface area contributed by atoms with E-state index >= 15 is 0 Å². The topological polar surface area (TPSA) is 109 Å². The minimum atomic E-state index is -0.565. The lowest BCUT2D eigenvalue weighted by Gasteiger charge is -2.05. The van der Waals surface area contributed by atoms with Crippen LogP contribution in [0.15, 0.2) is 59.7 Å². The van der Waals surface area contributed by atoms with Crippen molar-refractivity contribution in [2.75, 3.05) is 6.54 Å². The van der Waals surface area contributed by atoms with E-state index in [0.717, 1.165) is 5.69 Å². The second-order valence-electron chi connectivity index (χ2n) is 6.03. The first-order chi connectivity index (χ1) is 14.0. The third-order valence-electron chi connectivity index (χ3n) is 3.99. The molecule has 0 unspecified atom stereocenters. The van der Waals surface area contributed by atoms with Crippen molar-refractivity contribution in [1.82, 2.24) is 20.5 Å². The van der Waals surface area contributed by atoms with E-state index in [4.69, 9.17) is 11.6 Å². The molecule has 1 heterocycles. The number of hydrogen-bond acceptors (Lipinski definition) is 5. The molecule has 9 heteroatoms. The van der Waals surface area contributed by atoms with Gasteiger partial charge in [0, 0.05) is 0 Å². The van der Waals surface area contributed by atoms with Crippen LogP contribution in [0.4, 0.5) is 0 Å². The molecule has 2 amide bonds. The Morgan fingerprint density at radius 1 is 1.17 bits per heavy atom. The molecule has 3 aromatic rings. The van der Waals surface area contributed by atoms with Crippen molar-refractivity contribution < 1.29 is 14.7 Å². The van der Waals surface area contributed by atoms with Gasteiger partial charge in [0.15, 0.2) is 0 Å². The molecule has 0 bridgehead atoms. The van der Waals surface area contributed by atoms with E-state index in [1.807, 2.05) is 30.3 Å². The number of hydrogen-bond donors (Lipinski definition) is 3. The third kappa shape index (κ3) is 4.80. The number of nitrogens with one attached hydrogen (secondary N) is 2. The molecule has 3 N–H and O–H groups in total. The summed E-state index contributed by atoms with van der Waals surface area (Å²) in [6.07, 6.45) is 1.40. The zero-order valence-corrected chi connectivity index (χ0v) is 16.2. The highest BCUT2D eigenvalue weighted by molar-refractivity contribution is 6.32. The van der Waals surface area contributed by atoms with Gasteiger partial charge in [-0.1, -0.05) is 41.9 Å². The van der Waals surface area contributed by atoms with Crippen LogP contribution in [0.25, 0.3) is 5.69 Å². The number of rotatable bonds is 6. The first-order valence-electron chi connectivity index (χ1n) is 8.66. The molecule has 0 saturated carbocycles. The molecular weight excluding hydrogens is 394 g/mol. The molecule has 2 aromatic carbocycles. The van der Waals surface area contributed by atoms with Gasteiger partial charge in [0.25, 0.3) is 11.8 Å². The molecule has 3 rings (SSSR count). The maximum Gasteiger partial charge on any atom is 0.259 e. The maximum absolute atomic E-state index is 12.0. The molecule has 0 aliphatic rings. The Hall–Kier alpha value is -3.65. The Morgan fingerprint density at radius 2 is 1.86 bits per heavy atom. The molecule has 8 nitrogen and oxygen atoms in total. The summed E-state index contributed by atoms with van der Waals surface area (Å²) in [6, 6.07) is 15.4. The number of halogens is 1. The Morgan fingerprint density at radius 3 is 2.59 bits per heavy atom. The zero-order valence-electron chi connectivity index (χ0n) is 15.5. The molecular formula is C20H18ClN5O3. The Balaban J connectivity index is 1.59. The molecule has 29 heavy (non-hydrogen) atoms. The van der Waals surface area contributed by atoms with Gasteiger partial charge in [0.1, 0.15) is 10.9 Å². The van der Waals surface area contributed by atoms with Crippen molar-refractivity contribution in [1.29, 1.82) is 0 Å². The smallest absolute Gasteiger partial charge is 0.259 e. The SMILES string of the molecule is Cc1nn(-c2ccccc2)c(Cl)c1/C=N/NC(=O)CNC(=O)c1ccccc1O. The summed E-state index contributed by atoms with van der Waals surface area (Å²) in [5, 5.41) is 20.7. The number of aromatic nitrogens is 2. The molecule has 148 valence electrons. The van der Waals surface area contributed by atoms with Gasteiger partial charge in [0.05, 0.1) is 35.3 Å². The van der Waals surface area contributed by atoms with Crippen LogP contribution in [-0.4, -0.2) is 39.5 Å². The van der Waals surface area contributed by atoms with Gasteiger partial charge in [-0.3, -0.25) is 9.59 Å². The van der Waals surface area contributed by atoms with Crippen molar-refractivity contribution in [3.8, 4) is 11.4 Å². The highest BCUT2D eigenvalue weighted by Crippen LogP contribution is 2.21. The fraction of sp³-hybridized carbons (Fsp3) is 0.100. The van der Waals surface area contributed by atoms with Crippen LogP contribution in [0.3, 0.4) is 0 Å². The number of benzene rings is 2. The van der Waals surface area contributed by atoms with Gasteiger partial charge in [-0.2, -0.15) is 10.2 Å². The Labute approximate surface area is 171 Å². The predicted octanol–water partition coefficient (Wildman–Crippen LogP) is 2.42. The normalized spacial score (nSPS) is 10.8. The highest BCUT2D eigenvalue weighted by atomic mass is 35.5. The first kappa shape index (κ1) is 20.1. The predicted molar refractivity (Wildman–Crippen MR) is 109 cm³/mol. The van der Waals surface area contributed by atoms with Gasteiger partial charge < -0.3 is 10.4 Å². The van der Waals surface area contributed by atoms with E-state index in [0.29, 0.717) is 16.4 Å². The third-order valence-corrected chi connectivity index (χ3v) is 4.35. The summed E-state index contributed by atoms with van der Waals surface area (Å²) in [6.45, 7) is 1.47. The Kier molecular flexibility index (Phi) is 6.25. The zero-order chi connectivity index (χ0) is 20.8. The lowest BCUT2D eigenvalue weighted by atomic mass is 10.2. The van der Waals surface area contributed by atoms with Crippen molar-refractivity contribution in [3.63, 3.8) is 0 Å². The summed E-state index contributed by atoms with van der Waals surface area (Å²) < 4.78 is 1.58. The summed E-state index contributed by atoms with van der Waals surface area (Å²) >= 11 is 6.38. The standard InChI is InChI=1S/C20H18ClN5O3/c1-13-16(19(21)26(25-13)14-7-3-2-4-8-14)11-23-24-18(28)12-22-20(29)15-9-5-6-10-17(15)27/h2-11,27H,12H2,1H3,(H,22,29)(H,24,28)/b23-11+. The average molecular weight is 412 g/mol. The highest BCUT2D eigenvalue weighted by Gasteiger charge is 2.14. The monoisotopic (exact) mass is 411 g/mol. The number of phenols is 1. The van der Waals surface area contributed by atoms with E-state index in [1.165, 1.54) is 18.3 Å². The van der Waals surface area contributed by atoms with Gasteiger partial charge >= 0.3 is 0 Å². The molecule has 0 saturated heterocycles. The van der Waals surface area contributed by atoms with E-state index in [2.05, 4.69) is 20.9 Å². The fourth-order valence-electron chi connectivity index (χ4n) is 2.53. The van der Waals surface area contributed by atoms with Crippen molar-refractivity contribution in [3.05, 3.63) is 76.6 Å². The number of nitrogens with zero attached hydrogens (tertiary/aromatic N) is 3. The number of hydrazone groups is 1. The maximum atomic E-state index is 12.0. The van der Waals surface area contributed by atoms with Crippen molar-refractivity contribution >= 4 is 29.6 Å². The number of carbonyl (C=O) groups is 2. The van der Waals surface area contributed by atoms with Gasteiger partial charge in [-0.25, -0.2) is 10.1 Å². The second kappa shape index (κ2) is 9.03. The van der Waals surface area contributed by atoms with Crippen LogP contribution >= 0.6 is 11.6 Å². The van der Waals surface area contributed by atoms with Gasteiger partial charge in [-0.05, 0) is 31.2 Å². The lowest BCUT2D eigenvalue weighted by molar-refractivity contribution is -0.120. The molecule has 0 spiro atoms. The largest absolute Gasteiger partial charge is 0.507 e. The molecule has 0 aliphatic carbocycles. The molecule has 1 aromatic heterocycles. The second-order valence-corrected chi connectivity index (χ2v) is 6.39. The van der Waals surface area contributed by atoms with E-state index < -0.39 is 11.8 Å². The van der Waals surface area contributed by atoms with E-state index in [1.54, 1.807) is 23.7 Å². The van der Waals surface area contributed by atoms with Gasteiger partial charge in [0.2, 0.25) is 0 Å². The summed E-state index contributed by atoms with van der Waals surface area (Å²) in [4.78, 5) is 23.9. The van der Waals surface area contributed by atoms with Crippen LogP contribution in [0.1, 0.15) is 21.6 Å². The number of aromatic hydroxyl groups is 1. The number of carbonyl (C=O) groups excluding carboxylic acids is 2.